The summed E-state index contributed by atoms with van der Waals surface area (Å²) in [5, 5.41) is 5.08. The first-order valence-electron chi connectivity index (χ1n) is 9.68. The number of benzene rings is 2. The average molecular weight is 439 g/mol. The minimum atomic E-state index is -0.692. The van der Waals surface area contributed by atoms with E-state index in [0.29, 0.717) is 17.5 Å². The van der Waals surface area contributed by atoms with E-state index in [0.717, 1.165) is 4.90 Å². The summed E-state index contributed by atoms with van der Waals surface area (Å²) in [6.07, 6.45) is 0.324. The molecule has 0 bridgehead atoms. The summed E-state index contributed by atoms with van der Waals surface area (Å²) in [5.74, 6) is -2.05. The number of rotatable bonds is 7. The highest BCUT2D eigenvalue weighted by Crippen LogP contribution is 2.22. The van der Waals surface area contributed by atoms with Gasteiger partial charge in [-0.1, -0.05) is 12.1 Å². The zero-order valence-electron chi connectivity index (χ0n) is 17.5. The van der Waals surface area contributed by atoms with Gasteiger partial charge in [-0.05, 0) is 36.8 Å². The molecule has 0 aromatic heterocycles. The number of methoxy groups -OCH3 is 2. The number of urea groups is 1. The molecule has 0 spiro atoms. The summed E-state index contributed by atoms with van der Waals surface area (Å²) in [7, 11) is 2.41. The monoisotopic (exact) mass is 439 g/mol. The van der Waals surface area contributed by atoms with Crippen molar-refractivity contribution in [2.75, 3.05) is 32.6 Å². The number of carbonyl (C=O) groups excluding carboxylic acids is 5. The van der Waals surface area contributed by atoms with Gasteiger partial charge in [0.05, 0.1) is 42.2 Å². The summed E-state index contributed by atoms with van der Waals surface area (Å²) < 4.78 is 9.34. The average Bonchev–Trinajstić information content (AvgIpc) is 3.05. The van der Waals surface area contributed by atoms with Crippen molar-refractivity contribution >= 4 is 35.5 Å². The van der Waals surface area contributed by atoms with Gasteiger partial charge in [-0.25, -0.2) is 14.4 Å². The van der Waals surface area contributed by atoms with Crippen molar-refractivity contribution in [2.45, 2.75) is 6.42 Å². The number of nitrogens with one attached hydrogen (secondary N) is 2. The third kappa shape index (κ3) is 4.59. The number of carbonyl (C=O) groups is 5. The van der Waals surface area contributed by atoms with Crippen molar-refractivity contribution in [1.82, 2.24) is 10.2 Å². The van der Waals surface area contributed by atoms with Gasteiger partial charge in [0.2, 0.25) is 0 Å². The summed E-state index contributed by atoms with van der Waals surface area (Å²) >= 11 is 0. The fourth-order valence-corrected chi connectivity index (χ4v) is 3.23. The quantitative estimate of drug-likeness (QED) is 0.384. The third-order valence-electron chi connectivity index (χ3n) is 4.82. The molecule has 0 aliphatic carbocycles. The van der Waals surface area contributed by atoms with Crippen molar-refractivity contribution < 1.29 is 33.4 Å². The zero-order chi connectivity index (χ0) is 23.3. The van der Waals surface area contributed by atoms with Gasteiger partial charge in [0, 0.05) is 13.1 Å². The normalized spacial score (nSPS) is 12.2. The van der Waals surface area contributed by atoms with E-state index in [1.165, 1.54) is 32.4 Å². The lowest BCUT2D eigenvalue weighted by Crippen LogP contribution is -2.35. The van der Waals surface area contributed by atoms with Crippen LogP contribution in [0.1, 0.15) is 47.9 Å². The number of anilines is 1. The Morgan fingerprint density at radius 1 is 0.906 bits per heavy atom. The second-order valence-electron chi connectivity index (χ2n) is 6.79. The van der Waals surface area contributed by atoms with Crippen molar-refractivity contribution in [3.05, 3.63) is 64.7 Å². The number of imide groups is 1. The van der Waals surface area contributed by atoms with Crippen LogP contribution in [0.5, 0.6) is 0 Å². The minimum absolute atomic E-state index is 0.0568. The maximum atomic E-state index is 12.3. The van der Waals surface area contributed by atoms with E-state index in [9.17, 15) is 24.0 Å². The molecule has 0 unspecified atom stereocenters. The highest BCUT2D eigenvalue weighted by Gasteiger charge is 2.34. The van der Waals surface area contributed by atoms with Crippen molar-refractivity contribution in [3.8, 4) is 0 Å². The lowest BCUT2D eigenvalue weighted by molar-refractivity contribution is 0.0587. The molecule has 0 radical (unpaired) electrons. The first-order valence-corrected chi connectivity index (χ1v) is 9.68. The van der Waals surface area contributed by atoms with Crippen molar-refractivity contribution in [2.24, 2.45) is 0 Å². The maximum absolute atomic E-state index is 12.3. The van der Waals surface area contributed by atoms with Crippen LogP contribution in [-0.4, -0.2) is 62.0 Å². The van der Waals surface area contributed by atoms with Crippen LogP contribution in [0.15, 0.2) is 42.5 Å². The molecule has 2 aromatic rings. The number of hydrogen-bond acceptors (Lipinski definition) is 7. The van der Waals surface area contributed by atoms with Crippen LogP contribution in [0.25, 0.3) is 0 Å². The Morgan fingerprint density at radius 2 is 1.53 bits per heavy atom. The second-order valence-corrected chi connectivity index (χ2v) is 6.79. The Morgan fingerprint density at radius 3 is 2.12 bits per heavy atom. The van der Waals surface area contributed by atoms with E-state index in [2.05, 4.69) is 15.4 Å². The molecular formula is C22H21N3O7. The summed E-state index contributed by atoms with van der Waals surface area (Å²) in [6.45, 7) is 0.293. The third-order valence-corrected chi connectivity index (χ3v) is 4.82. The molecule has 32 heavy (non-hydrogen) atoms. The number of nitrogens with zero attached hydrogens (tertiary/aromatic N) is 1. The molecule has 2 aromatic carbocycles. The highest BCUT2D eigenvalue weighted by molar-refractivity contribution is 6.21. The Hall–Kier alpha value is -4.21. The maximum Gasteiger partial charge on any atom is 0.339 e. The molecule has 1 aliphatic rings. The summed E-state index contributed by atoms with van der Waals surface area (Å²) in [5.41, 5.74) is 0.994. The lowest BCUT2D eigenvalue weighted by atomic mass is 10.1. The van der Waals surface area contributed by atoms with Crippen molar-refractivity contribution in [1.29, 1.82) is 0 Å². The van der Waals surface area contributed by atoms with E-state index in [4.69, 9.17) is 4.74 Å². The second kappa shape index (κ2) is 9.73. The van der Waals surface area contributed by atoms with Gasteiger partial charge >= 0.3 is 18.0 Å². The van der Waals surface area contributed by atoms with Gasteiger partial charge in [-0.15, -0.1) is 0 Å². The molecule has 0 atom stereocenters. The van der Waals surface area contributed by atoms with Gasteiger partial charge in [-0.3, -0.25) is 14.5 Å². The van der Waals surface area contributed by atoms with Crippen LogP contribution in [0.2, 0.25) is 0 Å². The van der Waals surface area contributed by atoms with E-state index in [-0.39, 0.29) is 41.7 Å². The van der Waals surface area contributed by atoms with Crippen LogP contribution < -0.4 is 10.6 Å². The van der Waals surface area contributed by atoms with E-state index in [1.807, 2.05) is 0 Å². The van der Waals surface area contributed by atoms with Gasteiger partial charge in [0.1, 0.15) is 0 Å². The summed E-state index contributed by atoms with van der Waals surface area (Å²) in [4.78, 5) is 61.8. The summed E-state index contributed by atoms with van der Waals surface area (Å²) in [6, 6.07) is 9.97. The molecule has 0 fully saturated rings. The molecule has 0 saturated carbocycles. The van der Waals surface area contributed by atoms with Crippen LogP contribution >= 0.6 is 0 Å². The van der Waals surface area contributed by atoms with E-state index < -0.39 is 18.0 Å². The molecule has 10 nitrogen and oxygen atoms in total. The first-order chi connectivity index (χ1) is 15.4. The predicted octanol–water partition coefficient (Wildman–Crippen LogP) is 2.07. The van der Waals surface area contributed by atoms with Crippen LogP contribution in [0, 0.1) is 0 Å². The molecule has 1 aliphatic heterocycles. The van der Waals surface area contributed by atoms with Gasteiger partial charge in [0.25, 0.3) is 11.8 Å². The van der Waals surface area contributed by atoms with Gasteiger partial charge < -0.3 is 20.1 Å². The van der Waals surface area contributed by atoms with Crippen LogP contribution in [0.4, 0.5) is 10.5 Å². The topological polar surface area (TPSA) is 131 Å². The fraction of sp³-hybridized carbons (Fsp3) is 0.227. The number of fused-ring (bicyclic) bond motifs is 1. The van der Waals surface area contributed by atoms with Crippen LogP contribution in [0.3, 0.4) is 0 Å². The molecule has 1 heterocycles. The molecule has 166 valence electrons. The molecule has 10 heteroatoms. The van der Waals surface area contributed by atoms with Gasteiger partial charge in [-0.2, -0.15) is 0 Å². The van der Waals surface area contributed by atoms with E-state index in [1.54, 1.807) is 24.3 Å². The smallest absolute Gasteiger partial charge is 0.339 e. The first kappa shape index (κ1) is 22.5. The standard InChI is InChI=1S/C22H21N3O7/c1-31-20(28)13-8-9-16(21(29)32-2)17(12-13)24-22(30)23-10-5-11-25-18(26)14-6-3-4-7-15(14)19(25)27/h3-4,6-9,12H,5,10-11H2,1-2H3,(H2,23,24,30). The molecule has 0 saturated heterocycles. The number of esters is 2. The van der Waals surface area contributed by atoms with E-state index >= 15 is 0 Å². The Labute approximate surface area is 183 Å². The fourth-order valence-electron chi connectivity index (χ4n) is 3.23. The number of ether oxygens (including phenoxy) is 2. The SMILES string of the molecule is COC(=O)c1ccc(C(=O)OC)c(NC(=O)NCCCN2C(=O)c3ccccc3C2=O)c1. The lowest BCUT2D eigenvalue weighted by Gasteiger charge is -2.15. The largest absolute Gasteiger partial charge is 0.465 e. The Balaban J connectivity index is 1.57. The minimum Gasteiger partial charge on any atom is -0.465 e. The molecule has 3 rings (SSSR count). The zero-order valence-corrected chi connectivity index (χ0v) is 17.5. The highest BCUT2D eigenvalue weighted by atomic mass is 16.5. The molecular weight excluding hydrogens is 418 g/mol. The molecule has 2 N–H and O–H groups in total. The number of amides is 4. The van der Waals surface area contributed by atoms with Gasteiger partial charge in [0.15, 0.2) is 0 Å². The number of hydrogen-bond donors (Lipinski definition) is 2. The Bertz CT molecular complexity index is 1060. The molecule has 4 amide bonds. The predicted molar refractivity (Wildman–Crippen MR) is 113 cm³/mol. The van der Waals surface area contributed by atoms with Crippen molar-refractivity contribution in [3.63, 3.8) is 0 Å². The van der Waals surface area contributed by atoms with Crippen LogP contribution in [-0.2, 0) is 9.47 Å². The Kier molecular flexibility index (Phi) is 6.83.